The van der Waals surface area contributed by atoms with E-state index in [4.69, 9.17) is 6.58 Å². The van der Waals surface area contributed by atoms with Gasteiger partial charge in [-0.2, -0.15) is 0 Å². The van der Waals surface area contributed by atoms with E-state index in [1.54, 1.807) is 6.08 Å². The number of pyridine rings is 1. The Labute approximate surface area is 161 Å². The Morgan fingerprint density at radius 1 is 0.800 bits per heavy atom. The van der Waals surface area contributed by atoms with Crippen molar-refractivity contribution in [2.24, 2.45) is 5.41 Å². The van der Waals surface area contributed by atoms with Crippen molar-refractivity contribution in [3.05, 3.63) is 91.5 Å². The van der Waals surface area contributed by atoms with Crippen LogP contribution in [0.2, 0.25) is 0 Å². The van der Waals surface area contributed by atoms with Crippen molar-refractivity contribution in [2.75, 3.05) is 0 Å². The molecule has 0 atom stereocenters. The van der Waals surface area contributed by atoms with Gasteiger partial charge < -0.3 is 11.6 Å². The molecular weight excluding hydrogens is 349 g/mol. The van der Waals surface area contributed by atoms with Crippen molar-refractivity contribution in [1.82, 2.24) is 4.98 Å². The molecule has 1 heterocycles. The zero-order valence-corrected chi connectivity index (χ0v) is 15.8. The minimum atomic E-state index is 0. The maximum Gasteiger partial charge on any atom is 3.00 e. The summed E-state index contributed by atoms with van der Waals surface area (Å²) in [7, 11) is 0. The van der Waals surface area contributed by atoms with Gasteiger partial charge in [-0.05, 0) is 11.4 Å². The predicted octanol–water partition coefficient (Wildman–Crippen LogP) is 6.04. The zero-order chi connectivity index (χ0) is 17.4. The number of rotatable bonds is 2. The molecule has 0 amide bonds. The fraction of sp³-hybridized carbons (Fsp3) is 0.174. The van der Waals surface area contributed by atoms with Gasteiger partial charge in [0.15, 0.2) is 0 Å². The van der Waals surface area contributed by atoms with Crippen LogP contribution in [-0.2, 0) is 16.5 Å². The van der Waals surface area contributed by atoms with Gasteiger partial charge in [0.2, 0.25) is 0 Å². The Balaban J connectivity index is 0.000000390. The first-order valence-corrected chi connectivity index (χ1v) is 7.97. The van der Waals surface area contributed by atoms with E-state index in [1.807, 2.05) is 66.7 Å². The van der Waals surface area contributed by atoms with E-state index < -0.39 is 0 Å². The topological polar surface area (TPSA) is 12.9 Å². The molecule has 0 aliphatic heterocycles. The van der Waals surface area contributed by atoms with Gasteiger partial charge in [0.25, 0.3) is 0 Å². The quantitative estimate of drug-likeness (QED) is 0.396. The van der Waals surface area contributed by atoms with E-state index in [9.17, 15) is 0 Å². The van der Waals surface area contributed by atoms with Crippen molar-refractivity contribution < 1.29 is 16.5 Å². The Kier molecular flexibility index (Phi) is 8.31. The van der Waals surface area contributed by atoms with Crippen LogP contribution in [0.1, 0.15) is 20.8 Å². The second-order valence-electron chi connectivity index (χ2n) is 6.49. The molecule has 0 fully saturated rings. The molecule has 0 saturated carbocycles. The Hall–Kier alpha value is -2.18. The molecule has 1 nitrogen and oxygen atoms in total. The molecule has 0 aliphatic carbocycles. The predicted molar refractivity (Wildman–Crippen MR) is 101 cm³/mol. The second kappa shape index (κ2) is 9.96. The first kappa shape index (κ1) is 20.9. The van der Waals surface area contributed by atoms with Gasteiger partial charge in [0.1, 0.15) is 0 Å². The third-order valence-electron chi connectivity index (χ3n) is 3.22. The van der Waals surface area contributed by atoms with Crippen LogP contribution in [-0.4, -0.2) is 4.98 Å². The van der Waals surface area contributed by atoms with Gasteiger partial charge in [-0.25, -0.2) is 0 Å². The normalized spacial score (nSPS) is 10.0. The van der Waals surface area contributed by atoms with Crippen molar-refractivity contribution >= 4 is 0 Å². The molecular formula is C23H22NNi. The number of nitrogens with zero attached hydrogens (tertiary/aromatic N) is 1. The Morgan fingerprint density at radius 2 is 1.24 bits per heavy atom. The molecule has 0 N–H and O–H groups in total. The monoisotopic (exact) mass is 370 g/mol. The van der Waals surface area contributed by atoms with Gasteiger partial charge in [-0.3, -0.25) is 6.08 Å². The summed E-state index contributed by atoms with van der Waals surface area (Å²) >= 11 is 0. The molecule has 25 heavy (non-hydrogen) atoms. The Morgan fingerprint density at radius 3 is 1.56 bits per heavy atom. The zero-order valence-electron chi connectivity index (χ0n) is 14.8. The smallest absolute Gasteiger partial charge is 0.517 e. The SMILES string of the molecule is [CH-]=CC(C)(C)C.[Ni+3].[c-]1ccccc1-c1cccc(-c2[c-]cccc2)n1. The summed E-state index contributed by atoms with van der Waals surface area (Å²) < 4.78 is 0. The van der Waals surface area contributed by atoms with E-state index in [-0.39, 0.29) is 21.9 Å². The molecule has 1 radical (unpaired) electrons. The number of hydrogen-bond donors (Lipinski definition) is 0. The molecule has 2 heteroatoms. The molecule has 0 aliphatic rings. The van der Waals surface area contributed by atoms with E-state index >= 15 is 0 Å². The standard InChI is InChI=1S/C17H11N.C6H11.Ni/c1-3-8-14(9-4-1)16-12-7-13-17(18-16)15-10-5-2-6-11-15;1-5-6(2,3)4;/h1-8,10,12-13H;1,5H,2-4H3;/q-2;-1;+3. The van der Waals surface area contributed by atoms with Gasteiger partial charge >= 0.3 is 16.5 Å². The molecule has 2 aromatic carbocycles. The molecule has 1 aromatic heterocycles. The maximum absolute atomic E-state index is 5.18. The molecule has 129 valence electrons. The van der Waals surface area contributed by atoms with Crippen molar-refractivity contribution in [3.8, 4) is 22.5 Å². The van der Waals surface area contributed by atoms with Gasteiger partial charge in [-0.15, -0.1) is 71.8 Å². The number of allylic oxidation sites excluding steroid dienone is 1. The summed E-state index contributed by atoms with van der Waals surface area (Å²) in [5.41, 5.74) is 4.08. The summed E-state index contributed by atoms with van der Waals surface area (Å²) in [5.74, 6) is 0. The van der Waals surface area contributed by atoms with Crippen LogP contribution in [0, 0.1) is 24.1 Å². The summed E-state index contributed by atoms with van der Waals surface area (Å²) in [4.78, 5) is 4.65. The fourth-order valence-electron chi connectivity index (χ4n) is 1.84. The van der Waals surface area contributed by atoms with E-state index in [1.165, 1.54) is 0 Å². The van der Waals surface area contributed by atoms with Crippen LogP contribution in [0.15, 0.2) is 72.8 Å². The average Bonchev–Trinajstić information content (AvgIpc) is 2.63. The van der Waals surface area contributed by atoms with E-state index in [0.717, 1.165) is 22.5 Å². The Bertz CT molecular complexity index is 704. The van der Waals surface area contributed by atoms with Crippen LogP contribution in [0.3, 0.4) is 0 Å². The number of aromatic nitrogens is 1. The van der Waals surface area contributed by atoms with Crippen molar-refractivity contribution in [1.29, 1.82) is 0 Å². The summed E-state index contributed by atoms with van der Waals surface area (Å²) in [6.07, 6.45) is 1.69. The largest absolute Gasteiger partial charge is 3.00 e. The molecule has 0 saturated heterocycles. The van der Waals surface area contributed by atoms with Crippen LogP contribution in [0.5, 0.6) is 0 Å². The minimum absolute atomic E-state index is 0. The first-order chi connectivity index (χ1) is 11.5. The van der Waals surface area contributed by atoms with Gasteiger partial charge in [0.05, 0.1) is 0 Å². The van der Waals surface area contributed by atoms with Gasteiger partial charge in [0, 0.05) is 0 Å². The first-order valence-electron chi connectivity index (χ1n) is 7.97. The fourth-order valence-corrected chi connectivity index (χ4v) is 1.84. The van der Waals surface area contributed by atoms with Crippen molar-refractivity contribution in [3.63, 3.8) is 0 Å². The summed E-state index contributed by atoms with van der Waals surface area (Å²) in [6, 6.07) is 28.1. The number of hydrogen-bond acceptors (Lipinski definition) is 1. The third kappa shape index (κ3) is 7.07. The maximum atomic E-state index is 5.18. The summed E-state index contributed by atoms with van der Waals surface area (Å²) in [6.45, 7) is 11.4. The average molecular weight is 371 g/mol. The molecule has 3 rings (SSSR count). The van der Waals surface area contributed by atoms with Crippen molar-refractivity contribution in [2.45, 2.75) is 20.8 Å². The van der Waals surface area contributed by atoms with Crippen LogP contribution >= 0.6 is 0 Å². The van der Waals surface area contributed by atoms with Crippen LogP contribution in [0.25, 0.3) is 22.5 Å². The molecule has 3 aromatic rings. The third-order valence-corrected chi connectivity index (χ3v) is 3.22. The van der Waals surface area contributed by atoms with E-state index in [2.05, 4.69) is 37.9 Å². The van der Waals surface area contributed by atoms with E-state index in [0.29, 0.717) is 0 Å². The molecule has 0 unspecified atom stereocenters. The molecule has 0 bridgehead atoms. The minimum Gasteiger partial charge on any atom is -0.517 e. The number of benzene rings is 2. The molecule has 0 spiro atoms. The van der Waals surface area contributed by atoms with Gasteiger partial charge in [-0.1, -0.05) is 44.4 Å². The summed E-state index contributed by atoms with van der Waals surface area (Å²) in [5, 5.41) is 0. The second-order valence-corrected chi connectivity index (χ2v) is 6.49. The van der Waals surface area contributed by atoms with Crippen LogP contribution in [0.4, 0.5) is 0 Å². The van der Waals surface area contributed by atoms with Crippen LogP contribution < -0.4 is 0 Å².